The van der Waals surface area contributed by atoms with Crippen molar-refractivity contribution in [1.82, 2.24) is 9.97 Å². The number of hydrogen-bond donors (Lipinski definition) is 1. The monoisotopic (exact) mass is 387 g/mol. The Morgan fingerprint density at radius 3 is 2.21 bits per heavy atom. The number of nitrogens with one attached hydrogen (secondary N) is 1. The maximum Gasteiger partial charge on any atom is 0.162 e. The predicted molar refractivity (Wildman–Crippen MR) is 117 cm³/mol. The molecule has 5 heteroatoms. The number of rotatable bonds is 6. The molecule has 0 aliphatic rings. The van der Waals surface area contributed by atoms with Crippen LogP contribution in [0.2, 0.25) is 0 Å². The highest BCUT2D eigenvalue weighted by molar-refractivity contribution is 7.84. The van der Waals surface area contributed by atoms with Gasteiger partial charge in [0.05, 0.1) is 11.6 Å². The second-order valence-electron chi connectivity index (χ2n) is 6.63. The van der Waals surface area contributed by atoms with Crippen LogP contribution in [0.25, 0.3) is 22.3 Å². The van der Waals surface area contributed by atoms with E-state index < -0.39 is 10.8 Å². The summed E-state index contributed by atoms with van der Waals surface area (Å²) in [6.45, 7) is 0. The molecule has 1 N–H and O–H groups in total. The molecule has 0 unspecified atom stereocenters. The summed E-state index contributed by atoms with van der Waals surface area (Å²) in [5, 5.41) is 4.48. The molecule has 4 rings (SSSR count). The van der Waals surface area contributed by atoms with Crippen LogP contribution in [0, 0.1) is 0 Å². The highest BCUT2D eigenvalue weighted by atomic mass is 32.2. The molecular formula is C23H21N3OS. The lowest BCUT2D eigenvalue weighted by Crippen LogP contribution is -2.19. The van der Waals surface area contributed by atoms with E-state index in [-0.39, 0.29) is 6.04 Å². The van der Waals surface area contributed by atoms with Gasteiger partial charge in [0.15, 0.2) is 5.82 Å². The maximum atomic E-state index is 12.0. The topological polar surface area (TPSA) is 54.9 Å². The van der Waals surface area contributed by atoms with E-state index in [1.165, 1.54) is 0 Å². The Morgan fingerprint density at radius 1 is 0.857 bits per heavy atom. The van der Waals surface area contributed by atoms with Gasteiger partial charge in [0.1, 0.15) is 5.82 Å². The zero-order valence-electron chi connectivity index (χ0n) is 15.6. The van der Waals surface area contributed by atoms with Crippen molar-refractivity contribution in [2.24, 2.45) is 0 Å². The minimum Gasteiger partial charge on any atom is -0.362 e. The van der Waals surface area contributed by atoms with Crippen LogP contribution in [0.3, 0.4) is 0 Å². The van der Waals surface area contributed by atoms with E-state index in [0.717, 1.165) is 27.8 Å². The normalized spacial score (nSPS) is 13.2. The third-order valence-corrected chi connectivity index (χ3v) is 5.35. The molecule has 4 aromatic rings. The van der Waals surface area contributed by atoms with Gasteiger partial charge in [-0.1, -0.05) is 72.8 Å². The third kappa shape index (κ3) is 4.10. The molecule has 3 aromatic carbocycles. The molecule has 28 heavy (non-hydrogen) atoms. The molecule has 0 radical (unpaired) electrons. The molecule has 0 aliphatic carbocycles. The van der Waals surface area contributed by atoms with Crippen LogP contribution in [0.15, 0.2) is 84.9 Å². The Kier molecular flexibility index (Phi) is 5.44. The molecule has 0 fully saturated rings. The number of anilines is 1. The first-order valence-electron chi connectivity index (χ1n) is 9.14. The first-order valence-corrected chi connectivity index (χ1v) is 10.9. The summed E-state index contributed by atoms with van der Waals surface area (Å²) in [5.41, 5.74) is 2.93. The average molecular weight is 388 g/mol. The molecule has 0 saturated heterocycles. The molecule has 4 nitrogen and oxygen atoms in total. The largest absolute Gasteiger partial charge is 0.362 e. The van der Waals surface area contributed by atoms with Crippen LogP contribution in [0.4, 0.5) is 5.82 Å². The second kappa shape index (κ2) is 8.31. The Bertz CT molecular complexity index is 1100. The standard InChI is InChI=1S/C23H21N3OS/c1-28(27)16-21(17-10-4-2-5-11-17)25-23-19-14-8-9-15-20(19)24-22(26-23)18-12-6-3-7-13-18/h2-15,21H,16H2,1H3,(H,24,25,26)/t21-,28-/m1/s1. The van der Waals surface area contributed by atoms with E-state index in [2.05, 4.69) is 5.32 Å². The van der Waals surface area contributed by atoms with Crippen LogP contribution in [-0.2, 0) is 10.8 Å². The summed E-state index contributed by atoms with van der Waals surface area (Å²) in [6, 6.07) is 27.9. The van der Waals surface area contributed by atoms with Crippen molar-refractivity contribution in [2.45, 2.75) is 6.04 Å². The highest BCUT2D eigenvalue weighted by Crippen LogP contribution is 2.28. The van der Waals surface area contributed by atoms with Gasteiger partial charge in [-0.15, -0.1) is 0 Å². The van der Waals surface area contributed by atoms with Gasteiger partial charge < -0.3 is 5.32 Å². The van der Waals surface area contributed by atoms with E-state index >= 15 is 0 Å². The van der Waals surface area contributed by atoms with Gasteiger partial charge in [-0.25, -0.2) is 9.97 Å². The quantitative estimate of drug-likeness (QED) is 0.515. The first-order chi connectivity index (χ1) is 13.7. The van der Waals surface area contributed by atoms with E-state index in [9.17, 15) is 4.21 Å². The van der Waals surface area contributed by atoms with E-state index in [0.29, 0.717) is 11.6 Å². The Hall–Kier alpha value is -3.05. The average Bonchev–Trinajstić information content (AvgIpc) is 2.74. The van der Waals surface area contributed by atoms with Gasteiger partial charge in [-0.3, -0.25) is 4.21 Å². The fourth-order valence-corrected chi connectivity index (χ4v) is 3.95. The van der Waals surface area contributed by atoms with Crippen molar-refractivity contribution < 1.29 is 4.21 Å². The zero-order chi connectivity index (χ0) is 19.3. The first kappa shape index (κ1) is 18.3. The maximum absolute atomic E-state index is 12.0. The van der Waals surface area contributed by atoms with Crippen LogP contribution in [0.5, 0.6) is 0 Å². The highest BCUT2D eigenvalue weighted by Gasteiger charge is 2.17. The number of hydrogen-bond acceptors (Lipinski definition) is 4. The minimum absolute atomic E-state index is 0.103. The lowest BCUT2D eigenvalue weighted by molar-refractivity contribution is 0.682. The zero-order valence-corrected chi connectivity index (χ0v) is 16.4. The molecule has 0 aliphatic heterocycles. The molecule has 1 heterocycles. The fraction of sp³-hybridized carbons (Fsp3) is 0.130. The molecular weight excluding hydrogens is 366 g/mol. The van der Waals surface area contributed by atoms with Crippen LogP contribution in [-0.4, -0.2) is 26.2 Å². The number of aromatic nitrogens is 2. The summed E-state index contributed by atoms with van der Waals surface area (Å²) in [5.74, 6) is 1.93. The Balaban J connectivity index is 1.81. The minimum atomic E-state index is -0.951. The lowest BCUT2D eigenvalue weighted by atomic mass is 10.1. The van der Waals surface area contributed by atoms with Gasteiger partial charge in [0.2, 0.25) is 0 Å². The Labute approximate surface area is 167 Å². The van der Waals surface area contributed by atoms with Gasteiger partial charge >= 0.3 is 0 Å². The van der Waals surface area contributed by atoms with Crippen molar-refractivity contribution in [3.05, 3.63) is 90.5 Å². The molecule has 1 aromatic heterocycles. The summed E-state index contributed by atoms with van der Waals surface area (Å²) >= 11 is 0. The van der Waals surface area contributed by atoms with E-state index in [1.54, 1.807) is 6.26 Å². The van der Waals surface area contributed by atoms with Gasteiger partial charge in [-0.2, -0.15) is 0 Å². The fourth-order valence-electron chi connectivity index (χ4n) is 3.21. The van der Waals surface area contributed by atoms with Crippen LogP contribution < -0.4 is 5.32 Å². The molecule has 0 spiro atoms. The van der Waals surface area contributed by atoms with E-state index in [1.807, 2.05) is 84.9 Å². The molecule has 0 bridgehead atoms. The van der Waals surface area contributed by atoms with Gasteiger partial charge in [0, 0.05) is 33.8 Å². The van der Waals surface area contributed by atoms with Crippen molar-refractivity contribution in [1.29, 1.82) is 0 Å². The van der Waals surface area contributed by atoms with Gasteiger partial charge in [0.25, 0.3) is 0 Å². The molecule has 2 atom stereocenters. The Morgan fingerprint density at radius 2 is 1.50 bits per heavy atom. The summed E-state index contributed by atoms with van der Waals surface area (Å²) in [7, 11) is -0.951. The van der Waals surface area contributed by atoms with Crippen LogP contribution >= 0.6 is 0 Å². The summed E-state index contributed by atoms with van der Waals surface area (Å²) in [6.07, 6.45) is 1.73. The number of fused-ring (bicyclic) bond motifs is 1. The summed E-state index contributed by atoms with van der Waals surface area (Å²) in [4.78, 5) is 9.56. The SMILES string of the molecule is C[S@@](=O)C[C@@H](Nc1nc(-c2ccccc2)nc2ccccc12)c1ccccc1. The number of nitrogens with zero attached hydrogens (tertiary/aromatic N) is 2. The third-order valence-electron chi connectivity index (χ3n) is 4.55. The molecule has 140 valence electrons. The van der Waals surface area contributed by atoms with Crippen molar-refractivity contribution in [3.8, 4) is 11.4 Å². The molecule has 0 amide bonds. The van der Waals surface area contributed by atoms with Gasteiger partial charge in [-0.05, 0) is 17.7 Å². The summed E-state index contributed by atoms with van der Waals surface area (Å²) < 4.78 is 12.0. The smallest absolute Gasteiger partial charge is 0.162 e. The predicted octanol–water partition coefficient (Wildman–Crippen LogP) is 4.83. The number of benzene rings is 3. The van der Waals surface area contributed by atoms with Crippen molar-refractivity contribution in [2.75, 3.05) is 17.3 Å². The second-order valence-corrected chi connectivity index (χ2v) is 8.11. The molecule has 0 saturated carbocycles. The van der Waals surface area contributed by atoms with Crippen LogP contribution in [0.1, 0.15) is 11.6 Å². The van der Waals surface area contributed by atoms with E-state index in [4.69, 9.17) is 9.97 Å². The van der Waals surface area contributed by atoms with Crippen molar-refractivity contribution >= 4 is 27.5 Å². The number of para-hydroxylation sites is 1. The lowest BCUT2D eigenvalue weighted by Gasteiger charge is -2.20. The van der Waals surface area contributed by atoms with Crippen molar-refractivity contribution in [3.63, 3.8) is 0 Å².